The van der Waals surface area contributed by atoms with Crippen LogP contribution in [0.1, 0.15) is 23.7 Å². The Kier molecular flexibility index (Phi) is 5.17. The zero-order chi connectivity index (χ0) is 14.4. The van der Waals surface area contributed by atoms with Crippen LogP contribution in [0.5, 0.6) is 5.75 Å². The molecular formula is C13H18N2O4. The lowest BCUT2D eigenvalue weighted by Crippen LogP contribution is -2.41. The van der Waals surface area contributed by atoms with Crippen molar-refractivity contribution in [2.75, 3.05) is 20.0 Å². The first-order chi connectivity index (χ1) is 9.03. The summed E-state index contributed by atoms with van der Waals surface area (Å²) in [4.78, 5) is 23.4. The van der Waals surface area contributed by atoms with E-state index in [2.05, 4.69) is 10.1 Å². The van der Waals surface area contributed by atoms with E-state index in [0.717, 1.165) is 0 Å². The molecule has 0 fully saturated rings. The van der Waals surface area contributed by atoms with Crippen molar-refractivity contribution in [3.63, 3.8) is 0 Å². The summed E-state index contributed by atoms with van der Waals surface area (Å²) in [6.07, 6.45) is 0.448. The molecule has 0 heterocycles. The van der Waals surface area contributed by atoms with Gasteiger partial charge in [-0.05, 0) is 24.6 Å². The van der Waals surface area contributed by atoms with E-state index in [4.69, 9.17) is 10.5 Å². The van der Waals surface area contributed by atoms with Crippen molar-refractivity contribution < 1.29 is 19.1 Å². The number of benzene rings is 1. The molecule has 19 heavy (non-hydrogen) atoms. The first kappa shape index (κ1) is 14.8. The summed E-state index contributed by atoms with van der Waals surface area (Å²) in [6, 6.07) is 4.01. The van der Waals surface area contributed by atoms with Gasteiger partial charge in [0.15, 0.2) is 0 Å². The topological polar surface area (TPSA) is 90.6 Å². The van der Waals surface area contributed by atoms with Gasteiger partial charge in [0.2, 0.25) is 0 Å². The third-order valence-electron chi connectivity index (χ3n) is 2.69. The Balaban J connectivity index is 2.83. The molecule has 3 N–H and O–H groups in total. The maximum absolute atomic E-state index is 12.0. The van der Waals surface area contributed by atoms with Crippen molar-refractivity contribution in [3.8, 4) is 5.75 Å². The van der Waals surface area contributed by atoms with E-state index in [0.29, 0.717) is 23.4 Å². The minimum atomic E-state index is -0.666. The summed E-state index contributed by atoms with van der Waals surface area (Å²) in [5.74, 6) is -0.361. The van der Waals surface area contributed by atoms with Crippen molar-refractivity contribution in [2.24, 2.45) is 0 Å². The molecule has 1 atom stereocenters. The summed E-state index contributed by atoms with van der Waals surface area (Å²) in [5.41, 5.74) is 6.45. The van der Waals surface area contributed by atoms with Crippen LogP contribution >= 0.6 is 0 Å². The highest BCUT2D eigenvalue weighted by atomic mass is 16.5. The number of nitrogens with two attached hydrogens (primary N) is 1. The van der Waals surface area contributed by atoms with Gasteiger partial charge < -0.3 is 20.5 Å². The fourth-order valence-electron chi connectivity index (χ4n) is 1.59. The van der Waals surface area contributed by atoms with Crippen molar-refractivity contribution in [3.05, 3.63) is 23.8 Å². The number of hydrogen-bond acceptors (Lipinski definition) is 5. The molecule has 0 aliphatic rings. The maximum atomic E-state index is 12.0. The average molecular weight is 266 g/mol. The number of nitrogens with one attached hydrogen (secondary N) is 1. The van der Waals surface area contributed by atoms with Gasteiger partial charge in [-0.15, -0.1) is 0 Å². The van der Waals surface area contributed by atoms with Crippen LogP contribution in [0.3, 0.4) is 0 Å². The standard InChI is InChI=1S/C13H18N2O4/c1-4-10(13(17)19-3)15-12(16)8-5-6-11(18-2)9(14)7-8/h5-7,10H,4,14H2,1-3H3,(H,15,16). The summed E-state index contributed by atoms with van der Waals surface area (Å²) in [6.45, 7) is 1.78. The molecule has 0 radical (unpaired) electrons. The fourth-order valence-corrected chi connectivity index (χ4v) is 1.59. The monoisotopic (exact) mass is 266 g/mol. The SMILES string of the molecule is CCC(NC(=O)c1ccc(OC)c(N)c1)C(=O)OC. The minimum Gasteiger partial charge on any atom is -0.495 e. The number of rotatable bonds is 5. The van der Waals surface area contributed by atoms with Crippen LogP contribution in [0.15, 0.2) is 18.2 Å². The molecule has 0 saturated carbocycles. The third kappa shape index (κ3) is 3.61. The largest absolute Gasteiger partial charge is 0.495 e. The summed E-state index contributed by atoms with van der Waals surface area (Å²) >= 11 is 0. The predicted octanol–water partition coefficient (Wildman–Crippen LogP) is 0.959. The van der Waals surface area contributed by atoms with Crippen LogP contribution in [-0.4, -0.2) is 32.1 Å². The van der Waals surface area contributed by atoms with Gasteiger partial charge in [-0.25, -0.2) is 4.79 Å². The second kappa shape index (κ2) is 6.63. The van der Waals surface area contributed by atoms with Gasteiger partial charge in [-0.2, -0.15) is 0 Å². The molecule has 0 spiro atoms. The number of anilines is 1. The Morgan fingerprint density at radius 1 is 1.37 bits per heavy atom. The molecule has 6 heteroatoms. The molecule has 1 aromatic rings. The van der Waals surface area contributed by atoms with Gasteiger partial charge in [0, 0.05) is 5.56 Å². The maximum Gasteiger partial charge on any atom is 0.328 e. The number of amides is 1. The molecule has 1 amide bonds. The number of nitrogen functional groups attached to an aromatic ring is 1. The lowest BCUT2D eigenvalue weighted by Gasteiger charge is -2.15. The van der Waals surface area contributed by atoms with E-state index in [9.17, 15) is 9.59 Å². The van der Waals surface area contributed by atoms with Gasteiger partial charge in [-0.1, -0.05) is 6.92 Å². The van der Waals surface area contributed by atoms with Gasteiger partial charge in [-0.3, -0.25) is 4.79 Å². The second-order valence-electron chi connectivity index (χ2n) is 3.91. The highest BCUT2D eigenvalue weighted by Gasteiger charge is 2.20. The van der Waals surface area contributed by atoms with Crippen LogP contribution in [0.2, 0.25) is 0 Å². The Morgan fingerprint density at radius 2 is 2.05 bits per heavy atom. The van der Waals surface area contributed by atoms with Gasteiger partial charge in [0.05, 0.1) is 19.9 Å². The Labute approximate surface area is 111 Å². The van der Waals surface area contributed by atoms with Crippen LogP contribution in [0.4, 0.5) is 5.69 Å². The van der Waals surface area contributed by atoms with Crippen LogP contribution < -0.4 is 15.8 Å². The average Bonchev–Trinajstić information content (AvgIpc) is 2.43. The molecule has 1 aromatic carbocycles. The van der Waals surface area contributed by atoms with Crippen molar-refractivity contribution in [1.29, 1.82) is 0 Å². The van der Waals surface area contributed by atoms with E-state index in [-0.39, 0.29) is 5.91 Å². The van der Waals surface area contributed by atoms with Crippen LogP contribution in [-0.2, 0) is 9.53 Å². The van der Waals surface area contributed by atoms with E-state index < -0.39 is 12.0 Å². The molecule has 0 saturated heterocycles. The van der Waals surface area contributed by atoms with Gasteiger partial charge in [0.25, 0.3) is 5.91 Å². The molecule has 6 nitrogen and oxygen atoms in total. The lowest BCUT2D eigenvalue weighted by atomic mass is 10.1. The molecule has 1 unspecified atom stereocenters. The predicted molar refractivity (Wildman–Crippen MR) is 71.0 cm³/mol. The number of esters is 1. The molecule has 104 valence electrons. The molecule has 0 bridgehead atoms. The molecule has 0 aliphatic carbocycles. The summed E-state index contributed by atoms with van der Waals surface area (Å²) in [5, 5.41) is 2.59. The van der Waals surface area contributed by atoms with Crippen LogP contribution in [0.25, 0.3) is 0 Å². The zero-order valence-electron chi connectivity index (χ0n) is 11.2. The molecular weight excluding hydrogens is 248 g/mol. The Morgan fingerprint density at radius 3 is 2.53 bits per heavy atom. The normalized spacial score (nSPS) is 11.5. The van der Waals surface area contributed by atoms with Crippen molar-refractivity contribution in [2.45, 2.75) is 19.4 Å². The molecule has 1 rings (SSSR count). The molecule has 0 aliphatic heterocycles. The van der Waals surface area contributed by atoms with Gasteiger partial charge >= 0.3 is 5.97 Å². The lowest BCUT2D eigenvalue weighted by molar-refractivity contribution is -0.142. The summed E-state index contributed by atoms with van der Waals surface area (Å²) in [7, 11) is 2.78. The number of carbonyl (C=O) groups excluding carboxylic acids is 2. The fraction of sp³-hybridized carbons (Fsp3) is 0.385. The quantitative estimate of drug-likeness (QED) is 0.612. The second-order valence-corrected chi connectivity index (χ2v) is 3.91. The molecule has 0 aromatic heterocycles. The highest BCUT2D eigenvalue weighted by Crippen LogP contribution is 2.21. The van der Waals surface area contributed by atoms with Gasteiger partial charge in [0.1, 0.15) is 11.8 Å². The third-order valence-corrected chi connectivity index (χ3v) is 2.69. The Hall–Kier alpha value is -2.24. The van der Waals surface area contributed by atoms with E-state index in [1.807, 2.05) is 0 Å². The Bertz CT molecular complexity index is 474. The van der Waals surface area contributed by atoms with Crippen molar-refractivity contribution in [1.82, 2.24) is 5.32 Å². The number of hydrogen-bond donors (Lipinski definition) is 2. The van der Waals surface area contributed by atoms with E-state index in [1.165, 1.54) is 20.3 Å². The smallest absolute Gasteiger partial charge is 0.328 e. The minimum absolute atomic E-state index is 0.362. The van der Waals surface area contributed by atoms with Crippen molar-refractivity contribution >= 4 is 17.6 Å². The number of methoxy groups -OCH3 is 2. The van der Waals surface area contributed by atoms with E-state index in [1.54, 1.807) is 19.1 Å². The van der Waals surface area contributed by atoms with Crippen LogP contribution in [0, 0.1) is 0 Å². The number of carbonyl (C=O) groups is 2. The summed E-state index contributed by atoms with van der Waals surface area (Å²) < 4.78 is 9.61. The first-order valence-electron chi connectivity index (χ1n) is 5.85. The zero-order valence-corrected chi connectivity index (χ0v) is 11.2. The first-order valence-corrected chi connectivity index (χ1v) is 5.85. The number of ether oxygens (including phenoxy) is 2. The van der Waals surface area contributed by atoms with E-state index >= 15 is 0 Å². The highest BCUT2D eigenvalue weighted by molar-refractivity contribution is 5.97.